The number of carbonyl (C=O) groups excluding carboxylic acids is 1. The molecule has 1 fully saturated rings. The van der Waals surface area contributed by atoms with Crippen molar-refractivity contribution in [3.8, 4) is 0 Å². The van der Waals surface area contributed by atoms with E-state index in [-0.39, 0.29) is 17.7 Å². The average Bonchev–Trinajstić information content (AvgIpc) is 3.18. The van der Waals surface area contributed by atoms with Crippen LogP contribution in [0.15, 0.2) is 41.1 Å². The summed E-state index contributed by atoms with van der Waals surface area (Å²) >= 11 is 0. The monoisotopic (exact) mass is 301 g/mol. The second-order valence-corrected chi connectivity index (χ2v) is 5.51. The number of benzene rings is 1. The molecule has 116 valence electrons. The Balaban J connectivity index is 1.62. The van der Waals surface area contributed by atoms with Crippen LogP contribution in [0, 0.1) is 0 Å². The van der Waals surface area contributed by atoms with Crippen LogP contribution in [0.3, 0.4) is 0 Å². The van der Waals surface area contributed by atoms with Crippen LogP contribution in [0.1, 0.15) is 28.0 Å². The molecule has 2 heterocycles. The van der Waals surface area contributed by atoms with Crippen LogP contribution in [0.4, 0.5) is 0 Å². The maximum Gasteiger partial charge on any atom is 0.273 e. The fourth-order valence-electron chi connectivity index (χ4n) is 2.68. The first kappa shape index (κ1) is 14.7. The lowest BCUT2D eigenvalue weighted by atomic mass is 10.1. The first-order valence-electron chi connectivity index (χ1n) is 7.38. The predicted octanol–water partition coefficient (Wildman–Crippen LogP) is 1.17. The molecule has 2 aromatic rings. The molecule has 2 N–H and O–H groups in total. The van der Waals surface area contributed by atoms with Gasteiger partial charge in [-0.25, -0.2) is 0 Å². The average molecular weight is 301 g/mol. The summed E-state index contributed by atoms with van der Waals surface area (Å²) in [4.78, 5) is 14.1. The summed E-state index contributed by atoms with van der Waals surface area (Å²) in [5.41, 5.74) is 2.51. The summed E-state index contributed by atoms with van der Waals surface area (Å²) < 4.78 is 4.67. The number of aliphatic hydroxyl groups excluding tert-OH is 1. The van der Waals surface area contributed by atoms with Gasteiger partial charge in [0.25, 0.3) is 5.91 Å². The van der Waals surface area contributed by atoms with Crippen molar-refractivity contribution in [2.45, 2.75) is 25.6 Å². The number of nitrogens with zero attached hydrogens (tertiary/aromatic N) is 2. The zero-order chi connectivity index (χ0) is 15.4. The summed E-state index contributed by atoms with van der Waals surface area (Å²) in [7, 11) is 0. The van der Waals surface area contributed by atoms with E-state index in [1.165, 1.54) is 12.3 Å². The van der Waals surface area contributed by atoms with Crippen LogP contribution in [-0.4, -0.2) is 40.3 Å². The molecule has 1 aromatic heterocycles. The molecule has 3 rings (SSSR count). The van der Waals surface area contributed by atoms with E-state index < -0.39 is 0 Å². The van der Waals surface area contributed by atoms with E-state index in [1.807, 2.05) is 18.2 Å². The molecule has 0 spiro atoms. The van der Waals surface area contributed by atoms with Crippen molar-refractivity contribution >= 4 is 5.91 Å². The van der Waals surface area contributed by atoms with Crippen molar-refractivity contribution in [3.05, 3.63) is 53.4 Å². The number of hydrogen-bond donors (Lipinski definition) is 2. The van der Waals surface area contributed by atoms with Crippen LogP contribution >= 0.6 is 0 Å². The van der Waals surface area contributed by atoms with Gasteiger partial charge in [-0.1, -0.05) is 29.4 Å². The van der Waals surface area contributed by atoms with E-state index in [0.29, 0.717) is 13.1 Å². The molecule has 6 heteroatoms. The molecular weight excluding hydrogens is 282 g/mol. The zero-order valence-electron chi connectivity index (χ0n) is 12.2. The summed E-state index contributed by atoms with van der Waals surface area (Å²) in [5, 5.41) is 16.1. The standard InChI is InChI=1S/C16H19N3O3/c20-14-5-7-19(11-14)10-13-4-2-1-3-12(13)9-17-16(21)15-6-8-22-18-15/h1-4,6,8,14,20H,5,7,9-11H2,(H,17,21)/t14-/m0/s1. The Hall–Kier alpha value is -2.18. The second-order valence-electron chi connectivity index (χ2n) is 5.51. The molecular formula is C16H19N3O3. The highest BCUT2D eigenvalue weighted by Crippen LogP contribution is 2.16. The summed E-state index contributed by atoms with van der Waals surface area (Å²) in [5.74, 6) is -0.250. The van der Waals surface area contributed by atoms with Crippen LogP contribution in [0.5, 0.6) is 0 Å². The molecule has 6 nitrogen and oxygen atoms in total. The minimum Gasteiger partial charge on any atom is -0.392 e. The number of carbonyl (C=O) groups is 1. The molecule has 1 amide bonds. The summed E-state index contributed by atoms with van der Waals surface area (Å²) in [6, 6.07) is 9.55. The fraction of sp³-hybridized carbons (Fsp3) is 0.375. The predicted molar refractivity (Wildman–Crippen MR) is 80.0 cm³/mol. The van der Waals surface area contributed by atoms with Crippen molar-refractivity contribution in [2.24, 2.45) is 0 Å². The first-order chi connectivity index (χ1) is 10.7. The van der Waals surface area contributed by atoms with Gasteiger partial charge < -0.3 is 14.9 Å². The molecule has 0 aliphatic carbocycles. The minimum atomic E-state index is -0.250. The maximum absolute atomic E-state index is 11.9. The molecule has 0 bridgehead atoms. The van der Waals surface area contributed by atoms with E-state index in [9.17, 15) is 9.90 Å². The second kappa shape index (κ2) is 6.72. The number of rotatable bonds is 5. The Morgan fingerprint density at radius 3 is 2.86 bits per heavy atom. The van der Waals surface area contributed by atoms with Crippen LogP contribution in [0.25, 0.3) is 0 Å². The van der Waals surface area contributed by atoms with Gasteiger partial charge in [0.1, 0.15) is 6.26 Å². The van der Waals surface area contributed by atoms with Crippen LogP contribution < -0.4 is 5.32 Å². The molecule has 22 heavy (non-hydrogen) atoms. The van der Waals surface area contributed by atoms with Crippen molar-refractivity contribution in [3.63, 3.8) is 0 Å². The lowest BCUT2D eigenvalue weighted by Gasteiger charge is -2.17. The maximum atomic E-state index is 11.9. The summed E-state index contributed by atoms with van der Waals surface area (Å²) in [6.07, 6.45) is 1.98. The topological polar surface area (TPSA) is 78.6 Å². The summed E-state index contributed by atoms with van der Waals surface area (Å²) in [6.45, 7) is 2.84. The highest BCUT2D eigenvalue weighted by Gasteiger charge is 2.20. The van der Waals surface area contributed by atoms with Crippen LogP contribution in [0.2, 0.25) is 0 Å². The number of likely N-dealkylation sites (tertiary alicyclic amines) is 1. The third kappa shape index (κ3) is 3.52. The smallest absolute Gasteiger partial charge is 0.273 e. The van der Waals surface area contributed by atoms with E-state index in [0.717, 1.165) is 30.6 Å². The quantitative estimate of drug-likeness (QED) is 0.867. The Bertz CT molecular complexity index is 627. The molecule has 0 unspecified atom stereocenters. The Labute approximate surface area is 128 Å². The van der Waals surface area contributed by atoms with E-state index in [1.54, 1.807) is 0 Å². The molecule has 1 aliphatic heterocycles. The Morgan fingerprint density at radius 2 is 2.18 bits per heavy atom. The van der Waals surface area contributed by atoms with Crippen LogP contribution in [-0.2, 0) is 13.1 Å². The molecule has 1 saturated heterocycles. The molecule has 0 saturated carbocycles. The minimum absolute atomic E-state index is 0.223. The molecule has 1 atom stereocenters. The highest BCUT2D eigenvalue weighted by atomic mass is 16.5. The number of β-amino-alcohol motifs (C(OH)–C–C–N with tert-alkyl or cyclic N) is 1. The van der Waals surface area contributed by atoms with E-state index >= 15 is 0 Å². The van der Waals surface area contributed by atoms with E-state index in [2.05, 4.69) is 26.0 Å². The number of aromatic nitrogens is 1. The largest absolute Gasteiger partial charge is 0.392 e. The highest BCUT2D eigenvalue weighted by molar-refractivity contribution is 5.91. The number of hydrogen-bond acceptors (Lipinski definition) is 5. The van der Waals surface area contributed by atoms with Gasteiger partial charge in [-0.3, -0.25) is 9.69 Å². The lowest BCUT2D eigenvalue weighted by molar-refractivity contribution is 0.0941. The van der Waals surface area contributed by atoms with E-state index in [4.69, 9.17) is 0 Å². The van der Waals surface area contributed by atoms with Crippen molar-refractivity contribution in [1.29, 1.82) is 0 Å². The number of aliphatic hydroxyl groups is 1. The molecule has 1 aliphatic rings. The lowest BCUT2D eigenvalue weighted by Crippen LogP contribution is -2.25. The van der Waals surface area contributed by atoms with Gasteiger partial charge in [0.05, 0.1) is 6.10 Å². The van der Waals surface area contributed by atoms with Gasteiger partial charge in [-0.05, 0) is 17.5 Å². The normalized spacial score (nSPS) is 18.5. The zero-order valence-corrected chi connectivity index (χ0v) is 12.2. The first-order valence-corrected chi connectivity index (χ1v) is 7.38. The van der Waals surface area contributed by atoms with Crippen molar-refractivity contribution in [2.75, 3.05) is 13.1 Å². The Morgan fingerprint density at radius 1 is 1.36 bits per heavy atom. The van der Waals surface area contributed by atoms with Crippen molar-refractivity contribution < 1.29 is 14.4 Å². The van der Waals surface area contributed by atoms with Gasteiger partial charge in [0.2, 0.25) is 0 Å². The third-order valence-electron chi connectivity index (χ3n) is 3.87. The number of amides is 1. The Kier molecular flexibility index (Phi) is 4.50. The molecule has 1 aromatic carbocycles. The van der Waals surface area contributed by atoms with Gasteiger partial charge in [0.15, 0.2) is 5.69 Å². The van der Waals surface area contributed by atoms with Crippen molar-refractivity contribution in [1.82, 2.24) is 15.4 Å². The number of nitrogens with one attached hydrogen (secondary N) is 1. The van der Waals surface area contributed by atoms with Gasteiger partial charge in [0, 0.05) is 32.2 Å². The van der Waals surface area contributed by atoms with Gasteiger partial charge in [-0.15, -0.1) is 0 Å². The molecule has 0 radical (unpaired) electrons. The van der Waals surface area contributed by atoms with Gasteiger partial charge >= 0.3 is 0 Å². The third-order valence-corrected chi connectivity index (χ3v) is 3.87. The van der Waals surface area contributed by atoms with Gasteiger partial charge in [-0.2, -0.15) is 0 Å². The SMILES string of the molecule is O=C(NCc1ccccc1CN1CC[C@H](O)C1)c1ccon1. The fourth-order valence-corrected chi connectivity index (χ4v) is 2.68.